The molecule has 0 saturated heterocycles. The van der Waals surface area contributed by atoms with Gasteiger partial charge in [-0.2, -0.15) is 0 Å². The van der Waals surface area contributed by atoms with Crippen LogP contribution in [0.2, 0.25) is 0 Å². The third-order valence-electron chi connectivity index (χ3n) is 4.49. The molecule has 0 aliphatic carbocycles. The minimum atomic E-state index is -0.645. The van der Waals surface area contributed by atoms with Crippen molar-refractivity contribution in [3.63, 3.8) is 0 Å². The fourth-order valence-corrected chi connectivity index (χ4v) is 4.29. The van der Waals surface area contributed by atoms with Crippen molar-refractivity contribution in [3.8, 4) is 11.5 Å². The fourth-order valence-electron chi connectivity index (χ4n) is 2.91. The van der Waals surface area contributed by atoms with Gasteiger partial charge in [0.25, 0.3) is 0 Å². The topological polar surface area (TPSA) is 50.7 Å². The number of nitrogens with one attached hydrogen (secondary N) is 1. The molecule has 3 rings (SSSR count). The summed E-state index contributed by atoms with van der Waals surface area (Å²) < 4.78 is 13.6. The highest BCUT2D eigenvalue weighted by Crippen LogP contribution is 2.34. The molecule has 152 valence electrons. The molecule has 0 aromatic heterocycles. The van der Waals surface area contributed by atoms with Crippen molar-refractivity contribution in [2.24, 2.45) is 0 Å². The molecule has 6 heteroatoms. The monoisotopic (exact) mass is 615 g/mol. The summed E-state index contributed by atoms with van der Waals surface area (Å²) in [5, 5.41) is 14.1. The van der Waals surface area contributed by atoms with Gasteiger partial charge in [-0.3, -0.25) is 0 Å². The molecule has 1 atom stereocenters. The Bertz CT molecular complexity index is 935. The maximum atomic E-state index is 10.8. The predicted octanol–water partition coefficient (Wildman–Crippen LogP) is 5.31. The molecule has 0 spiro atoms. The zero-order valence-corrected chi connectivity index (χ0v) is 20.4. The highest BCUT2D eigenvalue weighted by atomic mass is 127. The molecule has 0 aliphatic heterocycles. The minimum absolute atomic E-state index is 0.442. The van der Waals surface area contributed by atoms with E-state index in [1.807, 2.05) is 54.6 Å². The van der Waals surface area contributed by atoms with Crippen molar-refractivity contribution in [3.05, 3.63) is 90.6 Å². The fraction of sp³-hybridized carbons (Fsp3) is 0.217. The lowest BCUT2D eigenvalue weighted by Gasteiger charge is -2.18. The summed E-state index contributed by atoms with van der Waals surface area (Å²) in [7, 11) is 1.62. The second-order valence-electron chi connectivity index (χ2n) is 6.54. The number of ether oxygens (including phenoxy) is 2. The van der Waals surface area contributed by atoms with Gasteiger partial charge in [0.05, 0.1) is 13.2 Å². The summed E-state index contributed by atoms with van der Waals surface area (Å²) in [5.41, 5.74) is 3.12. The molecule has 3 aromatic rings. The Kier molecular flexibility index (Phi) is 8.58. The van der Waals surface area contributed by atoms with Gasteiger partial charge in [0, 0.05) is 20.2 Å². The minimum Gasteiger partial charge on any atom is -0.493 e. The molecule has 0 amide bonds. The first kappa shape index (κ1) is 22.3. The summed E-state index contributed by atoms with van der Waals surface area (Å²) in [6, 6.07) is 22.0. The van der Waals surface area contributed by atoms with E-state index in [2.05, 4.69) is 62.6 Å². The summed E-state index contributed by atoms with van der Waals surface area (Å²) in [6.45, 7) is 1.60. The van der Waals surface area contributed by atoms with E-state index in [1.165, 1.54) is 9.13 Å². The number of methoxy groups -OCH3 is 1. The predicted molar refractivity (Wildman–Crippen MR) is 132 cm³/mol. The Balaban J connectivity index is 1.68. The number of hydrogen-bond acceptors (Lipinski definition) is 4. The molecule has 3 aromatic carbocycles. The van der Waals surface area contributed by atoms with E-state index in [0.29, 0.717) is 31.2 Å². The van der Waals surface area contributed by atoms with Gasteiger partial charge < -0.3 is 19.9 Å². The Morgan fingerprint density at radius 1 is 0.931 bits per heavy atom. The SMILES string of the molecule is COc1cc(I)c(C(O)CNCc2ccccc2I)cc1OCc1ccccc1. The van der Waals surface area contributed by atoms with Crippen molar-refractivity contribution in [2.75, 3.05) is 13.7 Å². The van der Waals surface area contributed by atoms with E-state index in [9.17, 15) is 5.11 Å². The Hall–Kier alpha value is -1.36. The summed E-state index contributed by atoms with van der Waals surface area (Å²) >= 11 is 4.55. The second kappa shape index (κ2) is 11.1. The molecular formula is C23H23I2NO3. The largest absolute Gasteiger partial charge is 0.493 e. The van der Waals surface area contributed by atoms with Crippen molar-refractivity contribution in [2.45, 2.75) is 19.3 Å². The molecule has 0 fully saturated rings. The third kappa shape index (κ3) is 6.31. The van der Waals surface area contributed by atoms with E-state index in [1.54, 1.807) is 7.11 Å². The van der Waals surface area contributed by atoms with Gasteiger partial charge in [-0.25, -0.2) is 0 Å². The van der Waals surface area contributed by atoms with Gasteiger partial charge in [0.2, 0.25) is 0 Å². The van der Waals surface area contributed by atoms with E-state index in [-0.39, 0.29) is 0 Å². The lowest BCUT2D eigenvalue weighted by molar-refractivity contribution is 0.172. The standard InChI is InChI=1S/C23H23I2NO3/c1-28-22-12-20(25)18(11-23(22)29-15-16-7-3-2-4-8-16)21(27)14-26-13-17-9-5-6-10-19(17)24/h2-12,21,26-27H,13-15H2,1H3. The normalized spacial score (nSPS) is 11.9. The van der Waals surface area contributed by atoms with Gasteiger partial charge in [-0.1, -0.05) is 48.5 Å². The Labute approximate surface area is 198 Å². The highest BCUT2D eigenvalue weighted by Gasteiger charge is 2.17. The summed E-state index contributed by atoms with van der Waals surface area (Å²) in [5.74, 6) is 1.29. The zero-order valence-electron chi connectivity index (χ0n) is 16.1. The number of aliphatic hydroxyl groups is 1. The van der Waals surface area contributed by atoms with Crippen LogP contribution in [0.15, 0.2) is 66.7 Å². The van der Waals surface area contributed by atoms with E-state index >= 15 is 0 Å². The van der Waals surface area contributed by atoms with Crippen LogP contribution in [-0.4, -0.2) is 18.8 Å². The summed E-state index contributed by atoms with van der Waals surface area (Å²) in [4.78, 5) is 0. The second-order valence-corrected chi connectivity index (χ2v) is 8.86. The van der Waals surface area contributed by atoms with Crippen LogP contribution in [0.25, 0.3) is 0 Å². The highest BCUT2D eigenvalue weighted by molar-refractivity contribution is 14.1. The van der Waals surface area contributed by atoms with Crippen molar-refractivity contribution in [1.29, 1.82) is 0 Å². The number of rotatable bonds is 9. The first-order valence-electron chi connectivity index (χ1n) is 9.25. The molecule has 0 aliphatic rings. The number of hydrogen-bond donors (Lipinski definition) is 2. The third-order valence-corrected chi connectivity index (χ3v) is 6.48. The van der Waals surface area contributed by atoms with Crippen LogP contribution in [0.3, 0.4) is 0 Å². The van der Waals surface area contributed by atoms with Crippen LogP contribution in [0, 0.1) is 7.14 Å². The molecule has 0 saturated carbocycles. The number of aliphatic hydroxyl groups excluding tert-OH is 1. The van der Waals surface area contributed by atoms with Crippen LogP contribution in [-0.2, 0) is 13.2 Å². The van der Waals surface area contributed by atoms with E-state index in [4.69, 9.17) is 9.47 Å². The molecule has 0 heterocycles. The van der Waals surface area contributed by atoms with Gasteiger partial charge in [-0.05, 0) is 80.1 Å². The van der Waals surface area contributed by atoms with Crippen molar-refractivity contribution in [1.82, 2.24) is 5.32 Å². The summed E-state index contributed by atoms with van der Waals surface area (Å²) in [6.07, 6.45) is -0.645. The lowest BCUT2D eigenvalue weighted by atomic mass is 10.1. The molecule has 1 unspecified atom stereocenters. The lowest BCUT2D eigenvalue weighted by Crippen LogP contribution is -2.22. The first-order valence-corrected chi connectivity index (χ1v) is 11.4. The van der Waals surface area contributed by atoms with Crippen LogP contribution < -0.4 is 14.8 Å². The van der Waals surface area contributed by atoms with Crippen LogP contribution in [0.5, 0.6) is 11.5 Å². The zero-order chi connectivity index (χ0) is 20.6. The van der Waals surface area contributed by atoms with Crippen LogP contribution in [0.1, 0.15) is 22.8 Å². The smallest absolute Gasteiger partial charge is 0.162 e. The number of benzene rings is 3. The first-order chi connectivity index (χ1) is 14.1. The molecule has 29 heavy (non-hydrogen) atoms. The van der Waals surface area contributed by atoms with Gasteiger partial charge >= 0.3 is 0 Å². The van der Waals surface area contributed by atoms with Crippen molar-refractivity contribution >= 4 is 45.2 Å². The van der Waals surface area contributed by atoms with Gasteiger partial charge in [0.15, 0.2) is 11.5 Å². The maximum Gasteiger partial charge on any atom is 0.162 e. The number of halogens is 2. The van der Waals surface area contributed by atoms with E-state index in [0.717, 1.165) is 14.7 Å². The van der Waals surface area contributed by atoms with Gasteiger partial charge in [-0.15, -0.1) is 0 Å². The average Bonchev–Trinajstić information content (AvgIpc) is 2.74. The quantitative estimate of drug-likeness (QED) is 0.321. The van der Waals surface area contributed by atoms with Crippen LogP contribution >= 0.6 is 45.2 Å². The Morgan fingerprint density at radius 3 is 2.38 bits per heavy atom. The average molecular weight is 615 g/mol. The molecule has 2 N–H and O–H groups in total. The molecular weight excluding hydrogens is 592 g/mol. The molecule has 4 nitrogen and oxygen atoms in total. The maximum absolute atomic E-state index is 10.8. The van der Waals surface area contributed by atoms with Crippen LogP contribution in [0.4, 0.5) is 0 Å². The van der Waals surface area contributed by atoms with Crippen molar-refractivity contribution < 1.29 is 14.6 Å². The molecule has 0 radical (unpaired) electrons. The van der Waals surface area contributed by atoms with E-state index < -0.39 is 6.10 Å². The van der Waals surface area contributed by atoms with Gasteiger partial charge in [0.1, 0.15) is 6.61 Å². The molecule has 0 bridgehead atoms. The Morgan fingerprint density at radius 2 is 1.66 bits per heavy atom.